The topological polar surface area (TPSA) is 58.6 Å². The fourth-order valence-electron chi connectivity index (χ4n) is 2.89. The summed E-state index contributed by atoms with van der Waals surface area (Å²) in [5.74, 6) is 0.0739. The number of carbonyl (C=O) groups is 1. The molecule has 0 saturated heterocycles. The van der Waals surface area contributed by atoms with Crippen LogP contribution in [0.4, 0.5) is 5.69 Å². The second-order valence-corrected chi connectivity index (χ2v) is 5.67. The Labute approximate surface area is 120 Å². The van der Waals surface area contributed by atoms with Crippen LogP contribution in [0.25, 0.3) is 0 Å². The molecule has 0 aromatic heterocycles. The number of methoxy groups -OCH3 is 1. The molecule has 1 aromatic rings. The van der Waals surface area contributed by atoms with Crippen molar-refractivity contribution in [1.82, 2.24) is 0 Å². The first-order chi connectivity index (χ1) is 9.51. The Morgan fingerprint density at radius 2 is 1.90 bits per heavy atom. The molecule has 0 unspecified atom stereocenters. The van der Waals surface area contributed by atoms with Gasteiger partial charge in [-0.1, -0.05) is 0 Å². The summed E-state index contributed by atoms with van der Waals surface area (Å²) in [6.45, 7) is 4.10. The maximum absolute atomic E-state index is 11.0. The fourth-order valence-corrected chi connectivity index (χ4v) is 2.89. The molecule has 2 rings (SSSR count). The lowest BCUT2D eigenvalue weighted by Gasteiger charge is -2.28. The molecular formula is C16H23NO3. The summed E-state index contributed by atoms with van der Waals surface area (Å²) in [6, 6.07) is 4.51. The van der Waals surface area contributed by atoms with Crippen LogP contribution in [0.2, 0.25) is 0 Å². The molecule has 0 heterocycles. The first-order valence-electron chi connectivity index (χ1n) is 7.16. The fraction of sp³-hybridized carbons (Fsp3) is 0.562. The zero-order valence-electron chi connectivity index (χ0n) is 12.4. The lowest BCUT2D eigenvalue weighted by molar-refractivity contribution is -0.142. The molecule has 0 aliphatic heterocycles. The number of aryl methyl sites for hydroxylation is 1. The number of carboxylic acids is 1. The number of carboxylic acid groups (broad SMARTS) is 1. The molecule has 1 saturated carbocycles. The number of nitrogens with one attached hydrogen (secondary N) is 1. The van der Waals surface area contributed by atoms with Crippen LogP contribution in [-0.4, -0.2) is 24.2 Å². The molecule has 1 aromatic carbocycles. The van der Waals surface area contributed by atoms with E-state index >= 15 is 0 Å². The number of anilines is 1. The Morgan fingerprint density at radius 3 is 2.45 bits per heavy atom. The number of hydrogen-bond acceptors (Lipinski definition) is 3. The van der Waals surface area contributed by atoms with Gasteiger partial charge in [-0.2, -0.15) is 0 Å². The van der Waals surface area contributed by atoms with Crippen molar-refractivity contribution in [2.24, 2.45) is 5.92 Å². The molecule has 0 bridgehead atoms. The molecule has 110 valence electrons. The summed E-state index contributed by atoms with van der Waals surface area (Å²) in [4.78, 5) is 11.0. The van der Waals surface area contributed by atoms with Crippen LogP contribution in [0.15, 0.2) is 12.1 Å². The monoisotopic (exact) mass is 277 g/mol. The number of aliphatic carboxylic acids is 1. The third-order valence-electron chi connectivity index (χ3n) is 4.16. The predicted octanol–water partition coefficient (Wildman–Crippen LogP) is 3.37. The van der Waals surface area contributed by atoms with Crippen molar-refractivity contribution in [3.63, 3.8) is 0 Å². The average molecular weight is 277 g/mol. The Balaban J connectivity index is 2.04. The molecular weight excluding hydrogens is 254 g/mol. The largest absolute Gasteiger partial charge is 0.496 e. The standard InChI is InChI=1S/C16H23NO3/c1-10-8-14(11(2)15(9-10)20-3)17-13-6-4-12(5-7-13)16(18)19/h8-9,12-13,17H,4-7H2,1-3H3,(H,18,19). The predicted molar refractivity (Wildman–Crippen MR) is 79.5 cm³/mol. The minimum Gasteiger partial charge on any atom is -0.496 e. The van der Waals surface area contributed by atoms with Crippen molar-refractivity contribution in [2.45, 2.75) is 45.6 Å². The minimum absolute atomic E-state index is 0.166. The van der Waals surface area contributed by atoms with Crippen LogP contribution >= 0.6 is 0 Å². The lowest BCUT2D eigenvalue weighted by Crippen LogP contribution is -2.29. The number of benzene rings is 1. The Kier molecular flexibility index (Phi) is 4.53. The Bertz CT molecular complexity index is 491. The quantitative estimate of drug-likeness (QED) is 0.886. The van der Waals surface area contributed by atoms with E-state index in [0.717, 1.165) is 48.2 Å². The highest BCUT2D eigenvalue weighted by atomic mass is 16.5. The van der Waals surface area contributed by atoms with E-state index in [1.807, 2.05) is 13.0 Å². The molecule has 0 amide bonds. The molecule has 4 nitrogen and oxygen atoms in total. The van der Waals surface area contributed by atoms with E-state index in [0.29, 0.717) is 6.04 Å². The highest BCUT2D eigenvalue weighted by Gasteiger charge is 2.26. The van der Waals surface area contributed by atoms with Gasteiger partial charge in [0.25, 0.3) is 0 Å². The van der Waals surface area contributed by atoms with Crippen LogP contribution in [0.3, 0.4) is 0 Å². The average Bonchev–Trinajstić information content (AvgIpc) is 2.43. The summed E-state index contributed by atoms with van der Waals surface area (Å²) in [6.07, 6.45) is 3.34. The van der Waals surface area contributed by atoms with Crippen molar-refractivity contribution >= 4 is 11.7 Å². The van der Waals surface area contributed by atoms with E-state index in [9.17, 15) is 4.79 Å². The van der Waals surface area contributed by atoms with Gasteiger partial charge in [0.05, 0.1) is 13.0 Å². The van der Waals surface area contributed by atoms with Crippen LogP contribution in [-0.2, 0) is 4.79 Å². The Morgan fingerprint density at radius 1 is 1.25 bits per heavy atom. The van der Waals surface area contributed by atoms with Gasteiger partial charge in [-0.25, -0.2) is 0 Å². The van der Waals surface area contributed by atoms with Crippen molar-refractivity contribution in [3.05, 3.63) is 23.3 Å². The second-order valence-electron chi connectivity index (χ2n) is 5.67. The van der Waals surface area contributed by atoms with E-state index in [2.05, 4.69) is 18.3 Å². The van der Waals surface area contributed by atoms with Gasteiger partial charge in [0.15, 0.2) is 0 Å². The van der Waals surface area contributed by atoms with Crippen molar-refractivity contribution in [1.29, 1.82) is 0 Å². The molecule has 1 fully saturated rings. The van der Waals surface area contributed by atoms with E-state index in [-0.39, 0.29) is 5.92 Å². The number of ether oxygens (including phenoxy) is 1. The van der Waals surface area contributed by atoms with E-state index in [1.54, 1.807) is 7.11 Å². The molecule has 1 aliphatic carbocycles. The first kappa shape index (κ1) is 14.7. The normalized spacial score (nSPS) is 22.4. The lowest BCUT2D eigenvalue weighted by atomic mass is 9.86. The summed E-state index contributed by atoms with van der Waals surface area (Å²) in [5, 5.41) is 12.6. The van der Waals surface area contributed by atoms with Crippen molar-refractivity contribution < 1.29 is 14.6 Å². The highest BCUT2D eigenvalue weighted by Crippen LogP contribution is 2.31. The van der Waals surface area contributed by atoms with Crippen LogP contribution < -0.4 is 10.1 Å². The van der Waals surface area contributed by atoms with Crippen molar-refractivity contribution in [2.75, 3.05) is 12.4 Å². The van der Waals surface area contributed by atoms with Gasteiger partial charge < -0.3 is 15.2 Å². The van der Waals surface area contributed by atoms with E-state index in [1.165, 1.54) is 0 Å². The van der Waals surface area contributed by atoms with Crippen LogP contribution in [0.5, 0.6) is 5.75 Å². The second kappa shape index (κ2) is 6.16. The Hall–Kier alpha value is -1.71. The molecule has 1 aliphatic rings. The third-order valence-corrected chi connectivity index (χ3v) is 4.16. The van der Waals surface area contributed by atoms with Gasteiger partial charge in [-0.05, 0) is 57.2 Å². The van der Waals surface area contributed by atoms with E-state index < -0.39 is 5.97 Å². The third kappa shape index (κ3) is 3.24. The van der Waals surface area contributed by atoms with Gasteiger partial charge in [0.1, 0.15) is 5.75 Å². The van der Waals surface area contributed by atoms with E-state index in [4.69, 9.17) is 9.84 Å². The van der Waals surface area contributed by atoms with Gasteiger partial charge >= 0.3 is 5.97 Å². The van der Waals surface area contributed by atoms with Crippen molar-refractivity contribution in [3.8, 4) is 5.75 Å². The van der Waals surface area contributed by atoms with Crippen LogP contribution in [0.1, 0.15) is 36.8 Å². The zero-order valence-corrected chi connectivity index (χ0v) is 12.4. The van der Waals surface area contributed by atoms with Gasteiger partial charge in [-0.3, -0.25) is 4.79 Å². The molecule has 0 atom stereocenters. The van der Waals surface area contributed by atoms with Crippen LogP contribution in [0, 0.1) is 19.8 Å². The smallest absolute Gasteiger partial charge is 0.306 e. The number of rotatable bonds is 4. The molecule has 2 N–H and O–H groups in total. The minimum atomic E-state index is -0.656. The van der Waals surface area contributed by atoms with Gasteiger partial charge in [0.2, 0.25) is 0 Å². The summed E-state index contributed by atoms with van der Waals surface area (Å²) in [5.41, 5.74) is 3.37. The molecule has 20 heavy (non-hydrogen) atoms. The maximum atomic E-state index is 11.0. The SMILES string of the molecule is COc1cc(C)cc(NC2CCC(C(=O)O)CC2)c1C. The summed E-state index contributed by atoms with van der Waals surface area (Å²) >= 11 is 0. The van der Waals surface area contributed by atoms with Gasteiger partial charge in [-0.15, -0.1) is 0 Å². The number of hydrogen-bond donors (Lipinski definition) is 2. The zero-order chi connectivity index (χ0) is 14.7. The van der Waals surface area contributed by atoms with Gasteiger partial charge in [0, 0.05) is 17.3 Å². The molecule has 4 heteroatoms. The molecule has 0 spiro atoms. The highest BCUT2D eigenvalue weighted by molar-refractivity contribution is 5.70. The first-order valence-corrected chi connectivity index (χ1v) is 7.16. The summed E-state index contributed by atoms with van der Waals surface area (Å²) < 4.78 is 5.39. The maximum Gasteiger partial charge on any atom is 0.306 e. The molecule has 0 radical (unpaired) electrons. The summed E-state index contributed by atoms with van der Waals surface area (Å²) in [7, 11) is 1.68.